The van der Waals surface area contributed by atoms with Crippen molar-refractivity contribution in [3.63, 3.8) is 0 Å². The second-order valence-corrected chi connectivity index (χ2v) is 5.18. The molecule has 0 radical (unpaired) electrons. The van der Waals surface area contributed by atoms with Crippen molar-refractivity contribution in [2.24, 2.45) is 0 Å². The third-order valence-electron chi connectivity index (χ3n) is 2.85. The SMILES string of the molecule is CCC(C)(C)OC(C)C(=O)c1ccc(Cl)cc1. The molecule has 1 aromatic carbocycles. The maximum atomic E-state index is 12.1. The van der Waals surface area contributed by atoms with Gasteiger partial charge in [0.05, 0.1) is 5.60 Å². The Kier molecular flexibility index (Phi) is 4.72. The lowest BCUT2D eigenvalue weighted by molar-refractivity contribution is -0.0517. The Hall–Kier alpha value is -0.860. The molecule has 0 N–H and O–H groups in total. The standard InChI is InChI=1S/C14H19ClO2/c1-5-14(3,4)17-10(2)13(16)11-6-8-12(15)9-7-11/h6-10H,5H2,1-4H3. The number of halogens is 1. The fraction of sp³-hybridized carbons (Fsp3) is 0.500. The molecular formula is C14H19ClO2. The zero-order valence-electron chi connectivity index (χ0n) is 10.8. The van der Waals surface area contributed by atoms with Crippen LogP contribution in [0.15, 0.2) is 24.3 Å². The lowest BCUT2D eigenvalue weighted by Crippen LogP contribution is -2.33. The van der Waals surface area contributed by atoms with Crippen LogP contribution in [0.1, 0.15) is 44.5 Å². The number of ether oxygens (including phenoxy) is 1. The Balaban J connectivity index is 2.73. The van der Waals surface area contributed by atoms with Crippen molar-refractivity contribution in [2.45, 2.75) is 45.8 Å². The van der Waals surface area contributed by atoms with Crippen LogP contribution in [0.2, 0.25) is 5.02 Å². The molecule has 17 heavy (non-hydrogen) atoms. The van der Waals surface area contributed by atoms with Gasteiger partial charge < -0.3 is 4.74 Å². The van der Waals surface area contributed by atoms with Gasteiger partial charge in [-0.15, -0.1) is 0 Å². The third kappa shape index (κ3) is 4.14. The average molecular weight is 255 g/mol. The minimum absolute atomic E-state index is 0.0109. The molecule has 94 valence electrons. The van der Waals surface area contributed by atoms with Crippen LogP contribution in [0.3, 0.4) is 0 Å². The lowest BCUT2D eigenvalue weighted by Gasteiger charge is -2.27. The van der Waals surface area contributed by atoms with Crippen LogP contribution >= 0.6 is 11.6 Å². The number of carbonyl (C=O) groups is 1. The molecule has 3 heteroatoms. The van der Waals surface area contributed by atoms with E-state index in [0.29, 0.717) is 10.6 Å². The van der Waals surface area contributed by atoms with Crippen molar-refractivity contribution in [3.8, 4) is 0 Å². The van der Waals surface area contributed by atoms with Crippen LogP contribution in [-0.2, 0) is 4.74 Å². The van der Waals surface area contributed by atoms with Crippen LogP contribution in [0.4, 0.5) is 0 Å². The number of hydrogen-bond acceptors (Lipinski definition) is 2. The summed E-state index contributed by atoms with van der Waals surface area (Å²) in [4.78, 5) is 12.1. The summed E-state index contributed by atoms with van der Waals surface area (Å²) in [6.07, 6.45) is 0.428. The van der Waals surface area contributed by atoms with E-state index < -0.39 is 6.10 Å². The Bertz CT molecular complexity index is 382. The molecule has 0 saturated carbocycles. The Morgan fingerprint density at radius 3 is 2.35 bits per heavy atom. The first-order chi connectivity index (χ1) is 7.85. The minimum atomic E-state index is -0.439. The number of hydrogen-bond donors (Lipinski definition) is 0. The van der Waals surface area contributed by atoms with Gasteiger partial charge in [0.1, 0.15) is 6.10 Å². The third-order valence-corrected chi connectivity index (χ3v) is 3.10. The highest BCUT2D eigenvalue weighted by atomic mass is 35.5. The molecule has 0 aliphatic rings. The topological polar surface area (TPSA) is 26.3 Å². The Morgan fingerprint density at radius 2 is 1.88 bits per heavy atom. The van der Waals surface area contributed by atoms with Crippen molar-refractivity contribution in [2.75, 3.05) is 0 Å². The van der Waals surface area contributed by atoms with Gasteiger partial charge in [0.25, 0.3) is 0 Å². The molecule has 0 amide bonds. The van der Waals surface area contributed by atoms with E-state index in [1.165, 1.54) is 0 Å². The van der Waals surface area contributed by atoms with Gasteiger partial charge in [-0.05, 0) is 51.5 Å². The molecule has 1 unspecified atom stereocenters. The molecule has 0 bridgehead atoms. The zero-order chi connectivity index (χ0) is 13.1. The summed E-state index contributed by atoms with van der Waals surface area (Å²) < 4.78 is 5.75. The van der Waals surface area contributed by atoms with Crippen LogP contribution in [0.5, 0.6) is 0 Å². The van der Waals surface area contributed by atoms with Crippen LogP contribution in [-0.4, -0.2) is 17.5 Å². The molecule has 0 saturated heterocycles. The molecule has 0 aliphatic heterocycles. The molecule has 0 heterocycles. The highest BCUT2D eigenvalue weighted by Gasteiger charge is 2.24. The van der Waals surface area contributed by atoms with Gasteiger partial charge in [0.2, 0.25) is 0 Å². The predicted octanol–water partition coefficient (Wildman–Crippen LogP) is 4.12. The van der Waals surface area contributed by atoms with Crippen molar-refractivity contribution < 1.29 is 9.53 Å². The van der Waals surface area contributed by atoms with Crippen molar-refractivity contribution >= 4 is 17.4 Å². The van der Waals surface area contributed by atoms with E-state index in [-0.39, 0.29) is 11.4 Å². The first-order valence-electron chi connectivity index (χ1n) is 5.83. The van der Waals surface area contributed by atoms with E-state index in [2.05, 4.69) is 0 Å². The second kappa shape index (κ2) is 5.65. The van der Waals surface area contributed by atoms with Gasteiger partial charge in [0.15, 0.2) is 5.78 Å². The summed E-state index contributed by atoms with van der Waals surface area (Å²) in [5, 5.41) is 0.629. The molecule has 0 spiro atoms. The van der Waals surface area contributed by atoms with Gasteiger partial charge in [-0.25, -0.2) is 0 Å². The zero-order valence-corrected chi connectivity index (χ0v) is 11.5. The highest BCUT2D eigenvalue weighted by Crippen LogP contribution is 2.19. The summed E-state index contributed by atoms with van der Waals surface area (Å²) in [6.45, 7) is 7.80. The smallest absolute Gasteiger partial charge is 0.191 e. The molecule has 0 aliphatic carbocycles. The molecule has 1 aromatic rings. The van der Waals surface area contributed by atoms with Crippen molar-refractivity contribution in [3.05, 3.63) is 34.9 Å². The fourth-order valence-electron chi connectivity index (χ4n) is 1.46. The van der Waals surface area contributed by atoms with E-state index in [4.69, 9.17) is 16.3 Å². The first kappa shape index (κ1) is 14.2. The molecular weight excluding hydrogens is 236 g/mol. The minimum Gasteiger partial charge on any atom is -0.364 e. The lowest BCUT2D eigenvalue weighted by atomic mass is 10.0. The summed E-state index contributed by atoms with van der Waals surface area (Å²) in [6, 6.07) is 6.88. The van der Waals surface area contributed by atoms with E-state index >= 15 is 0 Å². The van der Waals surface area contributed by atoms with Gasteiger partial charge in [-0.2, -0.15) is 0 Å². The van der Waals surface area contributed by atoms with E-state index in [1.807, 2.05) is 20.8 Å². The average Bonchev–Trinajstić information content (AvgIpc) is 2.28. The summed E-state index contributed by atoms with van der Waals surface area (Å²) in [5.41, 5.74) is 0.357. The van der Waals surface area contributed by atoms with Gasteiger partial charge in [-0.1, -0.05) is 18.5 Å². The molecule has 0 fully saturated rings. The highest BCUT2D eigenvalue weighted by molar-refractivity contribution is 6.30. The summed E-state index contributed by atoms with van der Waals surface area (Å²) in [7, 11) is 0. The monoisotopic (exact) mass is 254 g/mol. The van der Waals surface area contributed by atoms with Crippen LogP contribution in [0.25, 0.3) is 0 Å². The molecule has 1 atom stereocenters. The van der Waals surface area contributed by atoms with Crippen LogP contribution in [0, 0.1) is 0 Å². The summed E-state index contributed by atoms with van der Waals surface area (Å²) in [5.74, 6) is -0.0109. The number of carbonyl (C=O) groups excluding carboxylic acids is 1. The first-order valence-corrected chi connectivity index (χ1v) is 6.21. The van der Waals surface area contributed by atoms with E-state index in [9.17, 15) is 4.79 Å². The predicted molar refractivity (Wildman–Crippen MR) is 70.7 cm³/mol. The van der Waals surface area contributed by atoms with Gasteiger partial charge in [-0.3, -0.25) is 4.79 Å². The maximum absolute atomic E-state index is 12.1. The molecule has 1 rings (SSSR count). The Labute approximate surface area is 108 Å². The summed E-state index contributed by atoms with van der Waals surface area (Å²) >= 11 is 5.78. The normalized spacial score (nSPS) is 13.5. The number of Topliss-reactive ketones (excluding diaryl/α,β-unsaturated/α-hetero) is 1. The number of ketones is 1. The number of benzene rings is 1. The van der Waals surface area contributed by atoms with Gasteiger partial charge >= 0.3 is 0 Å². The number of rotatable bonds is 5. The van der Waals surface area contributed by atoms with Crippen LogP contribution < -0.4 is 0 Å². The maximum Gasteiger partial charge on any atom is 0.191 e. The second-order valence-electron chi connectivity index (χ2n) is 4.74. The molecule has 2 nitrogen and oxygen atoms in total. The van der Waals surface area contributed by atoms with Crippen molar-refractivity contribution in [1.82, 2.24) is 0 Å². The van der Waals surface area contributed by atoms with Crippen molar-refractivity contribution in [1.29, 1.82) is 0 Å². The van der Waals surface area contributed by atoms with Gasteiger partial charge in [0, 0.05) is 10.6 Å². The van der Waals surface area contributed by atoms with E-state index in [0.717, 1.165) is 6.42 Å². The quantitative estimate of drug-likeness (QED) is 0.739. The largest absolute Gasteiger partial charge is 0.364 e. The Morgan fingerprint density at radius 1 is 1.35 bits per heavy atom. The molecule has 0 aromatic heterocycles. The fourth-order valence-corrected chi connectivity index (χ4v) is 1.59. The van der Waals surface area contributed by atoms with E-state index in [1.54, 1.807) is 31.2 Å².